The van der Waals surface area contributed by atoms with Crippen molar-refractivity contribution in [2.75, 3.05) is 5.32 Å². The van der Waals surface area contributed by atoms with Gasteiger partial charge in [0.1, 0.15) is 17.6 Å². The van der Waals surface area contributed by atoms with Crippen LogP contribution < -0.4 is 10.2 Å². The van der Waals surface area contributed by atoms with Crippen LogP contribution in [0.2, 0.25) is 0 Å². The number of amides is 1. The maximum absolute atomic E-state index is 12.0. The van der Waals surface area contributed by atoms with Gasteiger partial charge in [-0.15, -0.1) is 11.3 Å². The maximum Gasteiger partial charge on any atom is 0.326 e. The molecule has 2 aromatic rings. The molecule has 0 aliphatic rings. The predicted octanol–water partition coefficient (Wildman–Crippen LogP) is 1.72. The molecule has 7 nitrogen and oxygen atoms in total. The van der Waals surface area contributed by atoms with Gasteiger partial charge in [-0.1, -0.05) is 11.3 Å². The number of nitriles is 1. The number of anilines is 1. The van der Waals surface area contributed by atoms with Crippen molar-refractivity contribution in [3.63, 3.8) is 0 Å². The van der Waals surface area contributed by atoms with Crippen LogP contribution in [0.15, 0.2) is 21.6 Å². The van der Waals surface area contributed by atoms with Crippen LogP contribution in [0.25, 0.3) is 0 Å². The van der Waals surface area contributed by atoms with Gasteiger partial charge in [-0.2, -0.15) is 5.26 Å². The lowest BCUT2D eigenvalue weighted by Crippen LogP contribution is -2.32. The number of carbonyl (C=O) groups is 2. The summed E-state index contributed by atoms with van der Waals surface area (Å²) in [6.45, 7) is 2.89. The molecule has 1 atom stereocenters. The average Bonchev–Trinajstić information content (AvgIpc) is 3.08. The Kier molecular flexibility index (Phi) is 5.31. The van der Waals surface area contributed by atoms with Crippen LogP contribution in [0.4, 0.5) is 5.00 Å². The van der Waals surface area contributed by atoms with Gasteiger partial charge in [0.2, 0.25) is 0 Å². The van der Waals surface area contributed by atoms with Crippen molar-refractivity contribution in [2.24, 2.45) is 0 Å². The molecule has 0 saturated heterocycles. The molecule has 0 aromatic carbocycles. The van der Waals surface area contributed by atoms with E-state index in [4.69, 9.17) is 10.00 Å². The highest BCUT2D eigenvalue weighted by Crippen LogP contribution is 2.22. The zero-order valence-corrected chi connectivity index (χ0v) is 14.0. The number of aryl methyl sites for hydroxylation is 1. The van der Waals surface area contributed by atoms with Crippen molar-refractivity contribution >= 4 is 39.6 Å². The van der Waals surface area contributed by atoms with E-state index in [9.17, 15) is 14.4 Å². The summed E-state index contributed by atoms with van der Waals surface area (Å²) in [6.07, 6.45) is -1.04. The van der Waals surface area contributed by atoms with Crippen LogP contribution >= 0.6 is 22.7 Å². The number of esters is 1. The summed E-state index contributed by atoms with van der Waals surface area (Å²) in [5, 5.41) is 15.2. The number of aromatic nitrogens is 1. The summed E-state index contributed by atoms with van der Waals surface area (Å²) in [6, 6.07) is 3.54. The molecule has 0 aliphatic carbocycles. The Hall–Kier alpha value is -2.44. The topological polar surface area (TPSA) is 101 Å². The highest BCUT2D eigenvalue weighted by molar-refractivity contribution is 7.14. The molecule has 1 amide bonds. The van der Waals surface area contributed by atoms with Crippen LogP contribution in [-0.2, 0) is 20.9 Å². The molecule has 0 spiro atoms. The minimum Gasteiger partial charge on any atom is -0.451 e. The Morgan fingerprint density at radius 2 is 2.22 bits per heavy atom. The Morgan fingerprint density at radius 3 is 2.83 bits per heavy atom. The van der Waals surface area contributed by atoms with E-state index >= 15 is 0 Å². The third-order valence-electron chi connectivity index (χ3n) is 2.96. The molecule has 0 saturated carbocycles. The summed E-state index contributed by atoms with van der Waals surface area (Å²) in [5.41, 5.74) is 1.01. The predicted molar refractivity (Wildman–Crippen MR) is 86.5 cm³/mol. The Balaban J connectivity index is 1.94. The standard InChI is InChI=1S/C14H13N3O4S2/c1-8-7-23-14(20)17(8)6-11(18)21-9(2)12(19)16-13-10(5-15)3-4-22-13/h3-4,7,9H,6H2,1-2H3,(H,16,19)/t9-/m1/s1. The van der Waals surface area contributed by atoms with E-state index < -0.39 is 18.0 Å². The lowest BCUT2D eigenvalue weighted by molar-refractivity contribution is -0.153. The molecule has 0 aliphatic heterocycles. The third kappa shape index (κ3) is 4.06. The zero-order valence-electron chi connectivity index (χ0n) is 12.4. The molecule has 2 aromatic heterocycles. The number of nitrogens with zero attached hydrogens (tertiary/aromatic N) is 2. The van der Waals surface area contributed by atoms with Gasteiger partial charge in [0, 0.05) is 11.1 Å². The average molecular weight is 351 g/mol. The van der Waals surface area contributed by atoms with Gasteiger partial charge in [0.05, 0.1) is 5.56 Å². The molecule has 23 heavy (non-hydrogen) atoms. The van der Waals surface area contributed by atoms with Gasteiger partial charge < -0.3 is 10.1 Å². The second kappa shape index (κ2) is 7.21. The summed E-state index contributed by atoms with van der Waals surface area (Å²) >= 11 is 2.20. The van der Waals surface area contributed by atoms with Gasteiger partial charge in [-0.3, -0.25) is 19.0 Å². The molecule has 9 heteroatoms. The first kappa shape index (κ1) is 16.9. The van der Waals surface area contributed by atoms with Crippen LogP contribution in [0.5, 0.6) is 0 Å². The van der Waals surface area contributed by atoms with Gasteiger partial charge in [0.25, 0.3) is 5.91 Å². The Labute approximate surface area is 139 Å². The molecule has 120 valence electrons. The zero-order chi connectivity index (χ0) is 17.0. The third-order valence-corrected chi connectivity index (χ3v) is 4.67. The van der Waals surface area contributed by atoms with Crippen LogP contribution in [0.3, 0.4) is 0 Å². The Bertz CT molecular complexity index is 828. The number of carbonyl (C=O) groups excluding carboxylic acids is 2. The SMILES string of the molecule is Cc1csc(=O)n1CC(=O)O[C@H](C)C(=O)Nc1sccc1C#N. The van der Waals surface area contributed by atoms with E-state index in [-0.39, 0.29) is 11.4 Å². The summed E-state index contributed by atoms with van der Waals surface area (Å²) in [4.78, 5) is 35.1. The van der Waals surface area contributed by atoms with Crippen molar-refractivity contribution in [2.45, 2.75) is 26.5 Å². The lowest BCUT2D eigenvalue weighted by atomic mass is 10.3. The molecule has 0 radical (unpaired) electrons. The molecule has 1 N–H and O–H groups in total. The second-order valence-electron chi connectivity index (χ2n) is 4.63. The number of thiazole rings is 1. The highest BCUT2D eigenvalue weighted by Gasteiger charge is 2.20. The van der Waals surface area contributed by atoms with E-state index in [1.165, 1.54) is 22.8 Å². The summed E-state index contributed by atoms with van der Waals surface area (Å²) in [5.74, 6) is -1.21. The first-order valence-electron chi connectivity index (χ1n) is 6.55. The number of nitrogens with one attached hydrogen (secondary N) is 1. The summed E-state index contributed by atoms with van der Waals surface area (Å²) < 4.78 is 6.32. The van der Waals surface area contributed by atoms with Crippen LogP contribution in [-0.4, -0.2) is 22.5 Å². The monoisotopic (exact) mass is 351 g/mol. The number of thiophene rings is 1. The fourth-order valence-corrected chi connectivity index (χ4v) is 3.20. The number of ether oxygens (including phenoxy) is 1. The molecule has 2 rings (SSSR count). The summed E-state index contributed by atoms with van der Waals surface area (Å²) in [7, 11) is 0. The minimum absolute atomic E-state index is 0.242. The van der Waals surface area contributed by atoms with E-state index in [0.29, 0.717) is 16.3 Å². The second-order valence-corrected chi connectivity index (χ2v) is 6.36. The smallest absolute Gasteiger partial charge is 0.326 e. The fourth-order valence-electron chi connectivity index (χ4n) is 1.72. The van der Waals surface area contributed by atoms with Crippen molar-refractivity contribution < 1.29 is 14.3 Å². The van der Waals surface area contributed by atoms with Gasteiger partial charge in [-0.25, -0.2) is 0 Å². The number of rotatable bonds is 5. The molecular weight excluding hydrogens is 338 g/mol. The first-order chi connectivity index (χ1) is 10.9. The van der Waals surface area contributed by atoms with E-state index in [0.717, 1.165) is 11.3 Å². The van der Waals surface area contributed by atoms with Gasteiger partial charge >= 0.3 is 10.8 Å². The molecule has 0 unspecified atom stereocenters. The largest absolute Gasteiger partial charge is 0.451 e. The molecule has 0 bridgehead atoms. The number of hydrogen-bond donors (Lipinski definition) is 1. The van der Waals surface area contributed by atoms with Crippen LogP contribution in [0, 0.1) is 18.3 Å². The Morgan fingerprint density at radius 1 is 1.48 bits per heavy atom. The fraction of sp³-hybridized carbons (Fsp3) is 0.286. The molecule has 0 fully saturated rings. The van der Waals surface area contributed by atoms with Crippen molar-refractivity contribution in [3.05, 3.63) is 37.8 Å². The van der Waals surface area contributed by atoms with Crippen molar-refractivity contribution in [1.82, 2.24) is 4.57 Å². The van der Waals surface area contributed by atoms with E-state index in [2.05, 4.69) is 5.32 Å². The van der Waals surface area contributed by atoms with Crippen molar-refractivity contribution in [3.8, 4) is 6.07 Å². The van der Waals surface area contributed by atoms with Crippen LogP contribution in [0.1, 0.15) is 18.2 Å². The number of hydrogen-bond acceptors (Lipinski definition) is 7. The normalized spacial score (nSPS) is 11.5. The highest BCUT2D eigenvalue weighted by atomic mass is 32.1. The minimum atomic E-state index is -1.04. The maximum atomic E-state index is 12.0. The van der Waals surface area contributed by atoms with Gasteiger partial charge in [0.15, 0.2) is 6.10 Å². The first-order valence-corrected chi connectivity index (χ1v) is 8.31. The molecule has 2 heterocycles. The van der Waals surface area contributed by atoms with Gasteiger partial charge in [-0.05, 0) is 25.3 Å². The quantitative estimate of drug-likeness (QED) is 0.827. The van der Waals surface area contributed by atoms with E-state index in [1.54, 1.807) is 23.8 Å². The van der Waals surface area contributed by atoms with Crippen molar-refractivity contribution in [1.29, 1.82) is 5.26 Å². The lowest BCUT2D eigenvalue weighted by Gasteiger charge is -2.13. The molecular formula is C14H13N3O4S2. The van der Waals surface area contributed by atoms with E-state index in [1.807, 2.05) is 6.07 Å².